The zero-order valence-corrected chi connectivity index (χ0v) is 8.91. The maximum absolute atomic E-state index is 8.69. The molecule has 1 aromatic rings. The fraction of sp³-hybridized carbons (Fsp3) is 0.600. The van der Waals surface area contributed by atoms with Crippen molar-refractivity contribution in [2.75, 3.05) is 6.54 Å². The molecule has 0 saturated carbocycles. The Morgan fingerprint density at radius 2 is 2.36 bits per heavy atom. The van der Waals surface area contributed by atoms with Gasteiger partial charge in [0, 0.05) is 13.6 Å². The summed E-state index contributed by atoms with van der Waals surface area (Å²) in [5, 5.41) is 12.0. The van der Waals surface area contributed by atoms with Crippen molar-refractivity contribution in [2.45, 2.75) is 20.4 Å². The summed E-state index contributed by atoms with van der Waals surface area (Å²) in [6.07, 6.45) is 1.74. The molecule has 0 unspecified atom stereocenters. The normalized spacial score (nSPS) is 10.5. The van der Waals surface area contributed by atoms with E-state index in [0.717, 1.165) is 18.8 Å². The van der Waals surface area contributed by atoms with Crippen LogP contribution in [0.1, 0.15) is 25.4 Å². The van der Waals surface area contributed by atoms with Gasteiger partial charge < -0.3 is 9.88 Å². The molecular weight excluding hydrogens is 176 g/mol. The Bertz CT molecular complexity index is 332. The van der Waals surface area contributed by atoms with Gasteiger partial charge in [-0.2, -0.15) is 5.26 Å². The van der Waals surface area contributed by atoms with E-state index in [1.807, 2.05) is 17.7 Å². The molecule has 14 heavy (non-hydrogen) atoms. The Morgan fingerprint density at radius 3 is 2.86 bits per heavy atom. The molecule has 76 valence electrons. The van der Waals surface area contributed by atoms with Gasteiger partial charge in [-0.15, -0.1) is 0 Å². The van der Waals surface area contributed by atoms with Gasteiger partial charge >= 0.3 is 0 Å². The predicted octanol–water partition coefficient (Wildman–Crippen LogP) is 1.04. The summed E-state index contributed by atoms with van der Waals surface area (Å²) in [6.45, 7) is 6.07. The first-order chi connectivity index (χ1) is 6.65. The van der Waals surface area contributed by atoms with E-state index in [-0.39, 0.29) is 0 Å². The summed E-state index contributed by atoms with van der Waals surface area (Å²) >= 11 is 0. The van der Waals surface area contributed by atoms with E-state index in [4.69, 9.17) is 5.26 Å². The maximum atomic E-state index is 8.69. The second-order valence-corrected chi connectivity index (χ2v) is 3.77. The Hall–Kier alpha value is -1.34. The summed E-state index contributed by atoms with van der Waals surface area (Å²) in [5.74, 6) is 1.10. The van der Waals surface area contributed by atoms with Gasteiger partial charge in [0.25, 0.3) is 0 Å². The lowest BCUT2D eigenvalue weighted by molar-refractivity contribution is 0.542. The minimum atomic E-state index is 0.464. The summed E-state index contributed by atoms with van der Waals surface area (Å²) in [5.41, 5.74) is 1.04. The summed E-state index contributed by atoms with van der Waals surface area (Å²) in [6, 6.07) is 2.04. The molecular formula is C10H16N4. The number of aromatic nitrogens is 2. The first-order valence-corrected chi connectivity index (χ1v) is 4.76. The van der Waals surface area contributed by atoms with E-state index < -0.39 is 0 Å². The van der Waals surface area contributed by atoms with Gasteiger partial charge in [0.2, 0.25) is 5.82 Å². The minimum Gasteiger partial charge on any atom is -0.322 e. The highest BCUT2D eigenvalue weighted by Gasteiger charge is 2.04. The number of nitrogens with zero attached hydrogens (tertiary/aromatic N) is 3. The Morgan fingerprint density at radius 1 is 1.64 bits per heavy atom. The Balaban J connectivity index is 2.52. The third-order valence-electron chi connectivity index (χ3n) is 2.04. The van der Waals surface area contributed by atoms with E-state index in [0.29, 0.717) is 11.7 Å². The van der Waals surface area contributed by atoms with Gasteiger partial charge in [-0.3, -0.25) is 0 Å². The quantitative estimate of drug-likeness (QED) is 0.775. The lowest BCUT2D eigenvalue weighted by Gasteiger charge is -2.07. The van der Waals surface area contributed by atoms with Crippen molar-refractivity contribution in [3.8, 4) is 6.07 Å². The molecule has 0 aliphatic carbocycles. The number of rotatable bonds is 4. The SMILES string of the molecule is CC(C)CNCc1cnc(C#N)n1C. The van der Waals surface area contributed by atoms with Gasteiger partial charge in [0.1, 0.15) is 6.07 Å². The summed E-state index contributed by atoms with van der Waals surface area (Å²) < 4.78 is 1.81. The second kappa shape index (κ2) is 4.77. The van der Waals surface area contributed by atoms with Crippen molar-refractivity contribution in [3.63, 3.8) is 0 Å². The van der Waals surface area contributed by atoms with E-state index in [9.17, 15) is 0 Å². The van der Waals surface area contributed by atoms with Crippen LogP contribution in [0.5, 0.6) is 0 Å². The largest absolute Gasteiger partial charge is 0.322 e. The smallest absolute Gasteiger partial charge is 0.212 e. The summed E-state index contributed by atoms with van der Waals surface area (Å²) in [7, 11) is 1.86. The van der Waals surface area contributed by atoms with Crippen molar-refractivity contribution < 1.29 is 0 Å². The standard InChI is InChI=1S/C10H16N4/c1-8(2)5-12-6-9-7-13-10(4-11)14(9)3/h7-8,12H,5-6H2,1-3H3. The van der Waals surface area contributed by atoms with Crippen LogP contribution in [0.3, 0.4) is 0 Å². The topological polar surface area (TPSA) is 53.6 Å². The van der Waals surface area contributed by atoms with Gasteiger partial charge in [-0.05, 0) is 12.5 Å². The van der Waals surface area contributed by atoms with Crippen LogP contribution in [0.15, 0.2) is 6.20 Å². The van der Waals surface area contributed by atoms with Crippen LogP contribution in [-0.2, 0) is 13.6 Å². The third kappa shape index (κ3) is 2.57. The highest BCUT2D eigenvalue weighted by atomic mass is 15.1. The van der Waals surface area contributed by atoms with Crippen LogP contribution < -0.4 is 5.32 Å². The van der Waals surface area contributed by atoms with Crippen LogP contribution in [0, 0.1) is 17.2 Å². The molecule has 0 saturated heterocycles. The molecule has 0 aliphatic heterocycles. The minimum absolute atomic E-state index is 0.464. The van der Waals surface area contributed by atoms with Crippen LogP contribution in [0.25, 0.3) is 0 Å². The molecule has 0 fully saturated rings. The lowest BCUT2D eigenvalue weighted by Crippen LogP contribution is -2.20. The molecule has 1 heterocycles. The van der Waals surface area contributed by atoms with Gasteiger partial charge in [0.05, 0.1) is 11.9 Å². The predicted molar refractivity (Wildman–Crippen MR) is 54.5 cm³/mol. The molecule has 0 spiro atoms. The van der Waals surface area contributed by atoms with E-state index in [2.05, 4.69) is 24.1 Å². The number of imidazole rings is 1. The van der Waals surface area contributed by atoms with E-state index >= 15 is 0 Å². The molecule has 0 aliphatic rings. The second-order valence-electron chi connectivity index (χ2n) is 3.77. The van der Waals surface area contributed by atoms with Crippen LogP contribution >= 0.6 is 0 Å². The highest BCUT2D eigenvalue weighted by molar-refractivity contribution is 5.16. The fourth-order valence-electron chi connectivity index (χ4n) is 1.20. The number of hydrogen-bond donors (Lipinski definition) is 1. The molecule has 0 amide bonds. The average Bonchev–Trinajstić information content (AvgIpc) is 2.47. The van der Waals surface area contributed by atoms with Crippen molar-refractivity contribution in [1.29, 1.82) is 5.26 Å². The fourth-order valence-corrected chi connectivity index (χ4v) is 1.20. The molecule has 4 nitrogen and oxygen atoms in total. The van der Waals surface area contributed by atoms with E-state index in [1.54, 1.807) is 6.20 Å². The molecule has 1 N–H and O–H groups in total. The summed E-state index contributed by atoms with van der Waals surface area (Å²) in [4.78, 5) is 3.99. The Labute approximate surface area is 84.6 Å². The third-order valence-corrected chi connectivity index (χ3v) is 2.04. The molecule has 1 rings (SSSR count). The van der Waals surface area contributed by atoms with Crippen molar-refractivity contribution >= 4 is 0 Å². The van der Waals surface area contributed by atoms with Crippen LogP contribution in [0.4, 0.5) is 0 Å². The number of hydrogen-bond acceptors (Lipinski definition) is 3. The number of nitriles is 1. The first-order valence-electron chi connectivity index (χ1n) is 4.76. The highest BCUT2D eigenvalue weighted by Crippen LogP contribution is 2.01. The number of nitrogens with one attached hydrogen (secondary N) is 1. The van der Waals surface area contributed by atoms with Crippen molar-refractivity contribution in [3.05, 3.63) is 17.7 Å². The molecule has 0 aromatic carbocycles. The van der Waals surface area contributed by atoms with Crippen LogP contribution in [0.2, 0.25) is 0 Å². The first kappa shape index (κ1) is 10.7. The van der Waals surface area contributed by atoms with Crippen molar-refractivity contribution in [2.24, 2.45) is 13.0 Å². The van der Waals surface area contributed by atoms with Gasteiger partial charge in [-0.25, -0.2) is 4.98 Å². The molecule has 4 heteroatoms. The van der Waals surface area contributed by atoms with Crippen molar-refractivity contribution in [1.82, 2.24) is 14.9 Å². The van der Waals surface area contributed by atoms with Crippen LogP contribution in [-0.4, -0.2) is 16.1 Å². The Kier molecular flexibility index (Phi) is 3.66. The molecule has 0 atom stereocenters. The zero-order chi connectivity index (χ0) is 10.6. The zero-order valence-electron chi connectivity index (χ0n) is 8.91. The molecule has 0 bridgehead atoms. The monoisotopic (exact) mass is 192 g/mol. The average molecular weight is 192 g/mol. The van der Waals surface area contributed by atoms with Gasteiger partial charge in [-0.1, -0.05) is 13.8 Å². The lowest BCUT2D eigenvalue weighted by atomic mass is 10.2. The molecule has 1 aromatic heterocycles. The maximum Gasteiger partial charge on any atom is 0.212 e. The van der Waals surface area contributed by atoms with E-state index in [1.165, 1.54) is 0 Å². The molecule has 0 radical (unpaired) electrons. The van der Waals surface area contributed by atoms with Gasteiger partial charge in [0.15, 0.2) is 0 Å².